The number of furan rings is 1. The summed E-state index contributed by atoms with van der Waals surface area (Å²) in [5, 5.41) is 10.5. The minimum atomic E-state index is -0.501. The van der Waals surface area contributed by atoms with Gasteiger partial charge in [0.1, 0.15) is 5.76 Å². The van der Waals surface area contributed by atoms with E-state index < -0.39 is 6.10 Å². The molecule has 1 unspecified atom stereocenters. The summed E-state index contributed by atoms with van der Waals surface area (Å²) in [7, 11) is 1.60. The molecule has 0 aliphatic rings. The van der Waals surface area contributed by atoms with E-state index in [0.717, 1.165) is 22.3 Å². The fourth-order valence-electron chi connectivity index (χ4n) is 1.66. The number of aliphatic hydroxyl groups excluding tert-OH is 1. The molecule has 0 saturated carbocycles. The second-order valence-electron chi connectivity index (χ2n) is 3.67. The summed E-state index contributed by atoms with van der Waals surface area (Å²) in [6, 6.07) is 5.65. The van der Waals surface area contributed by atoms with Crippen LogP contribution in [0.5, 0.6) is 5.75 Å². The minimum absolute atomic E-state index is 0.501. The Morgan fingerprint density at radius 3 is 2.67 bits per heavy atom. The number of methoxy groups -OCH3 is 1. The Kier molecular flexibility index (Phi) is 2.40. The summed E-state index contributed by atoms with van der Waals surface area (Å²) in [6.45, 7) is 3.62. The van der Waals surface area contributed by atoms with Gasteiger partial charge in [0.05, 0.1) is 13.2 Å². The van der Waals surface area contributed by atoms with Crippen LogP contribution in [0.25, 0.3) is 11.0 Å². The van der Waals surface area contributed by atoms with Gasteiger partial charge in [0.2, 0.25) is 0 Å². The molecule has 0 amide bonds. The number of benzene rings is 1. The highest BCUT2D eigenvalue weighted by atomic mass is 16.5. The first-order valence-corrected chi connectivity index (χ1v) is 4.88. The van der Waals surface area contributed by atoms with Gasteiger partial charge in [0.15, 0.2) is 11.3 Å². The molecule has 3 heteroatoms. The van der Waals surface area contributed by atoms with Gasteiger partial charge in [-0.05, 0) is 37.6 Å². The van der Waals surface area contributed by atoms with Crippen molar-refractivity contribution in [2.45, 2.75) is 20.0 Å². The van der Waals surface area contributed by atoms with Crippen LogP contribution >= 0.6 is 0 Å². The summed E-state index contributed by atoms with van der Waals surface area (Å²) in [5.74, 6) is 1.50. The van der Waals surface area contributed by atoms with Crippen LogP contribution in [0.2, 0.25) is 0 Å². The maximum absolute atomic E-state index is 9.52. The Balaban J connectivity index is 2.70. The predicted molar refractivity (Wildman–Crippen MR) is 58.1 cm³/mol. The SMILES string of the molecule is COc1cc(C(C)O)cc2cc(C)oc12. The highest BCUT2D eigenvalue weighted by molar-refractivity contribution is 5.84. The highest BCUT2D eigenvalue weighted by Gasteiger charge is 2.11. The van der Waals surface area contributed by atoms with Gasteiger partial charge in [-0.25, -0.2) is 0 Å². The third kappa shape index (κ3) is 1.70. The van der Waals surface area contributed by atoms with E-state index in [4.69, 9.17) is 9.15 Å². The molecule has 1 atom stereocenters. The fourth-order valence-corrected chi connectivity index (χ4v) is 1.66. The lowest BCUT2D eigenvalue weighted by Crippen LogP contribution is -1.92. The second-order valence-corrected chi connectivity index (χ2v) is 3.67. The Morgan fingerprint density at radius 1 is 1.33 bits per heavy atom. The van der Waals surface area contributed by atoms with Gasteiger partial charge in [0.25, 0.3) is 0 Å². The lowest BCUT2D eigenvalue weighted by Gasteiger charge is -2.07. The Labute approximate surface area is 88.3 Å². The molecule has 0 spiro atoms. The number of hydrogen-bond acceptors (Lipinski definition) is 3. The largest absolute Gasteiger partial charge is 0.493 e. The normalized spacial score (nSPS) is 13.1. The van der Waals surface area contributed by atoms with Crippen molar-refractivity contribution in [3.05, 3.63) is 29.5 Å². The molecule has 80 valence electrons. The quantitative estimate of drug-likeness (QED) is 0.821. The monoisotopic (exact) mass is 206 g/mol. The molecule has 0 bridgehead atoms. The van der Waals surface area contributed by atoms with Crippen molar-refractivity contribution in [3.63, 3.8) is 0 Å². The van der Waals surface area contributed by atoms with Crippen LogP contribution in [0, 0.1) is 6.92 Å². The van der Waals surface area contributed by atoms with Crippen molar-refractivity contribution < 1.29 is 14.3 Å². The fraction of sp³-hybridized carbons (Fsp3) is 0.333. The third-order valence-electron chi connectivity index (χ3n) is 2.43. The minimum Gasteiger partial charge on any atom is -0.493 e. The maximum atomic E-state index is 9.52. The molecule has 1 aromatic heterocycles. The average molecular weight is 206 g/mol. The zero-order chi connectivity index (χ0) is 11.0. The van der Waals surface area contributed by atoms with Crippen molar-refractivity contribution in [1.82, 2.24) is 0 Å². The van der Waals surface area contributed by atoms with Crippen LogP contribution < -0.4 is 4.74 Å². The first kappa shape index (κ1) is 10.1. The molecule has 1 heterocycles. The number of rotatable bonds is 2. The summed E-state index contributed by atoms with van der Waals surface area (Å²) < 4.78 is 10.7. The first-order chi connectivity index (χ1) is 7.11. The van der Waals surface area contributed by atoms with E-state index in [0.29, 0.717) is 5.75 Å². The molecule has 0 fully saturated rings. The zero-order valence-corrected chi connectivity index (χ0v) is 9.07. The Bertz CT molecular complexity index is 483. The van der Waals surface area contributed by atoms with E-state index in [2.05, 4.69) is 0 Å². The van der Waals surface area contributed by atoms with Gasteiger partial charge in [-0.3, -0.25) is 0 Å². The molecule has 1 aromatic carbocycles. The maximum Gasteiger partial charge on any atom is 0.176 e. The van der Waals surface area contributed by atoms with Gasteiger partial charge in [-0.15, -0.1) is 0 Å². The molecule has 3 nitrogen and oxygen atoms in total. The van der Waals surface area contributed by atoms with E-state index in [1.165, 1.54) is 0 Å². The standard InChI is InChI=1S/C12H14O3/c1-7-4-10-5-9(8(2)13)6-11(14-3)12(10)15-7/h4-6,8,13H,1-3H3. The van der Waals surface area contributed by atoms with Crippen molar-refractivity contribution in [2.75, 3.05) is 7.11 Å². The summed E-state index contributed by atoms with van der Waals surface area (Å²) in [5.41, 5.74) is 1.57. The van der Waals surface area contributed by atoms with E-state index in [9.17, 15) is 5.11 Å². The molecule has 0 saturated heterocycles. The summed E-state index contributed by atoms with van der Waals surface area (Å²) >= 11 is 0. The van der Waals surface area contributed by atoms with Crippen molar-refractivity contribution in [3.8, 4) is 5.75 Å². The van der Waals surface area contributed by atoms with Crippen molar-refractivity contribution in [1.29, 1.82) is 0 Å². The van der Waals surface area contributed by atoms with Crippen LogP contribution in [0.15, 0.2) is 22.6 Å². The number of ether oxygens (including phenoxy) is 1. The molecule has 2 rings (SSSR count). The van der Waals surface area contributed by atoms with Crippen molar-refractivity contribution in [2.24, 2.45) is 0 Å². The van der Waals surface area contributed by atoms with Gasteiger partial charge < -0.3 is 14.3 Å². The summed E-state index contributed by atoms with van der Waals surface area (Å²) in [4.78, 5) is 0. The molecule has 0 aliphatic carbocycles. The lowest BCUT2D eigenvalue weighted by molar-refractivity contribution is 0.199. The predicted octanol–water partition coefficient (Wildman–Crippen LogP) is 2.80. The van der Waals surface area contributed by atoms with Gasteiger partial charge in [-0.2, -0.15) is 0 Å². The van der Waals surface area contributed by atoms with E-state index in [1.807, 2.05) is 19.1 Å². The zero-order valence-electron chi connectivity index (χ0n) is 9.07. The van der Waals surface area contributed by atoms with Crippen LogP contribution in [-0.4, -0.2) is 12.2 Å². The van der Waals surface area contributed by atoms with E-state index >= 15 is 0 Å². The van der Waals surface area contributed by atoms with Crippen LogP contribution in [0.4, 0.5) is 0 Å². The smallest absolute Gasteiger partial charge is 0.176 e. The Morgan fingerprint density at radius 2 is 2.07 bits per heavy atom. The van der Waals surface area contributed by atoms with Crippen molar-refractivity contribution >= 4 is 11.0 Å². The van der Waals surface area contributed by atoms with Gasteiger partial charge in [0, 0.05) is 5.39 Å². The Hall–Kier alpha value is -1.48. The van der Waals surface area contributed by atoms with E-state index in [1.54, 1.807) is 20.1 Å². The highest BCUT2D eigenvalue weighted by Crippen LogP contribution is 2.32. The summed E-state index contributed by atoms with van der Waals surface area (Å²) in [6.07, 6.45) is -0.501. The number of hydrogen-bond donors (Lipinski definition) is 1. The molecule has 15 heavy (non-hydrogen) atoms. The molecular weight excluding hydrogens is 192 g/mol. The molecular formula is C12H14O3. The number of fused-ring (bicyclic) bond motifs is 1. The molecule has 2 aromatic rings. The van der Waals surface area contributed by atoms with Crippen LogP contribution in [0.3, 0.4) is 0 Å². The third-order valence-corrected chi connectivity index (χ3v) is 2.43. The van der Waals surface area contributed by atoms with Gasteiger partial charge >= 0.3 is 0 Å². The molecule has 0 radical (unpaired) electrons. The average Bonchev–Trinajstić information content (AvgIpc) is 2.56. The molecule has 1 N–H and O–H groups in total. The topological polar surface area (TPSA) is 42.6 Å². The lowest BCUT2D eigenvalue weighted by atomic mass is 10.1. The first-order valence-electron chi connectivity index (χ1n) is 4.88. The number of aliphatic hydroxyl groups is 1. The van der Waals surface area contributed by atoms with E-state index in [-0.39, 0.29) is 0 Å². The second kappa shape index (κ2) is 3.59. The van der Waals surface area contributed by atoms with Gasteiger partial charge in [-0.1, -0.05) is 0 Å². The molecule has 0 aliphatic heterocycles. The van der Waals surface area contributed by atoms with Crippen LogP contribution in [-0.2, 0) is 0 Å². The number of aryl methyl sites for hydroxylation is 1. The van der Waals surface area contributed by atoms with Crippen LogP contribution in [0.1, 0.15) is 24.4 Å².